The Hall–Kier alpha value is -2.76. The highest BCUT2D eigenvalue weighted by Crippen LogP contribution is 2.20. The quantitative estimate of drug-likeness (QED) is 0.921. The molecule has 0 saturated carbocycles. The number of nitrogens with zero attached hydrogens (tertiary/aromatic N) is 2. The number of aliphatic carboxylic acids is 1. The molecular formula is C17H15FN2O3. The van der Waals surface area contributed by atoms with Gasteiger partial charge in [-0.2, -0.15) is 0 Å². The number of carboxylic acids is 1. The summed E-state index contributed by atoms with van der Waals surface area (Å²) in [6.07, 6.45) is 2.63. The molecule has 1 aliphatic heterocycles. The summed E-state index contributed by atoms with van der Waals surface area (Å²) in [7, 11) is 0. The Morgan fingerprint density at radius 1 is 1.30 bits per heavy atom. The minimum Gasteiger partial charge on any atom is -0.487 e. The second-order valence-electron chi connectivity index (χ2n) is 5.23. The molecule has 1 aromatic carbocycles. The number of pyridine rings is 1. The van der Waals surface area contributed by atoms with Crippen LogP contribution in [0.1, 0.15) is 24.1 Å². The van der Waals surface area contributed by atoms with E-state index < -0.39 is 12.0 Å². The monoisotopic (exact) mass is 314 g/mol. The molecule has 1 atom stereocenters. The van der Waals surface area contributed by atoms with Crippen molar-refractivity contribution in [3.63, 3.8) is 0 Å². The molecule has 0 fully saturated rings. The highest BCUT2D eigenvalue weighted by molar-refractivity contribution is 6.02. The van der Waals surface area contributed by atoms with Crippen LogP contribution < -0.4 is 4.74 Å². The molecule has 0 unspecified atom stereocenters. The predicted octanol–water partition coefficient (Wildman–Crippen LogP) is 2.84. The zero-order valence-electron chi connectivity index (χ0n) is 12.3. The number of rotatable bonds is 5. The van der Waals surface area contributed by atoms with Gasteiger partial charge in [-0.15, -0.1) is 0 Å². The number of benzene rings is 1. The molecule has 0 amide bonds. The number of hydrogen-bond acceptors (Lipinski definition) is 4. The van der Waals surface area contributed by atoms with E-state index in [2.05, 4.69) is 9.98 Å². The van der Waals surface area contributed by atoms with Gasteiger partial charge in [0.1, 0.15) is 24.2 Å². The van der Waals surface area contributed by atoms with E-state index in [1.807, 2.05) is 0 Å². The van der Waals surface area contributed by atoms with E-state index in [9.17, 15) is 9.18 Å². The van der Waals surface area contributed by atoms with E-state index in [4.69, 9.17) is 9.84 Å². The van der Waals surface area contributed by atoms with Gasteiger partial charge in [0.05, 0.1) is 17.6 Å². The molecule has 5 nitrogen and oxygen atoms in total. The topological polar surface area (TPSA) is 71.8 Å². The average Bonchev–Trinajstić information content (AvgIpc) is 3.05. The highest BCUT2D eigenvalue weighted by atomic mass is 19.1. The maximum Gasteiger partial charge on any atom is 0.328 e. The number of carboxylic acid groups (broad SMARTS) is 1. The first-order valence-electron chi connectivity index (χ1n) is 7.25. The van der Waals surface area contributed by atoms with Gasteiger partial charge in [0.15, 0.2) is 0 Å². The van der Waals surface area contributed by atoms with Gasteiger partial charge in [-0.3, -0.25) is 9.98 Å². The number of halogens is 1. The maximum atomic E-state index is 13.5. The fourth-order valence-electron chi connectivity index (χ4n) is 2.38. The molecule has 23 heavy (non-hydrogen) atoms. The average molecular weight is 314 g/mol. The third-order valence-corrected chi connectivity index (χ3v) is 3.64. The highest BCUT2D eigenvalue weighted by Gasteiger charge is 2.24. The minimum atomic E-state index is -0.912. The van der Waals surface area contributed by atoms with Crippen LogP contribution in [0, 0.1) is 5.82 Å². The number of aliphatic imine (C=N–C) groups is 1. The maximum absolute atomic E-state index is 13.5. The Bertz CT molecular complexity index is 744. The lowest BCUT2D eigenvalue weighted by molar-refractivity contribution is -0.138. The molecule has 0 saturated heterocycles. The lowest BCUT2D eigenvalue weighted by Crippen LogP contribution is -2.13. The number of hydrogen-bond donors (Lipinski definition) is 1. The summed E-state index contributed by atoms with van der Waals surface area (Å²) >= 11 is 0. The van der Waals surface area contributed by atoms with Crippen LogP contribution in [-0.4, -0.2) is 27.8 Å². The molecule has 0 radical (unpaired) electrons. The first-order chi connectivity index (χ1) is 11.1. The second kappa shape index (κ2) is 6.56. The molecule has 0 spiro atoms. The summed E-state index contributed by atoms with van der Waals surface area (Å²) in [5, 5.41) is 8.94. The Morgan fingerprint density at radius 3 is 2.78 bits per heavy atom. The van der Waals surface area contributed by atoms with Crippen molar-refractivity contribution in [2.75, 3.05) is 0 Å². The smallest absolute Gasteiger partial charge is 0.328 e. The van der Waals surface area contributed by atoms with Gasteiger partial charge in [0, 0.05) is 5.56 Å². The van der Waals surface area contributed by atoms with Crippen molar-refractivity contribution < 1.29 is 19.0 Å². The molecule has 0 bridgehead atoms. The standard InChI is InChI=1S/C17H15FN2O3/c18-13-4-2-1-3-11(13)10-23-12-5-6-14(19-9-12)15-7-8-16(20-15)17(21)22/h1-6,9,16H,7-8,10H2,(H,21,22)/t16-/m0/s1. The molecule has 1 aromatic heterocycles. The van der Waals surface area contributed by atoms with Gasteiger partial charge in [0.25, 0.3) is 0 Å². The molecule has 1 aliphatic rings. The van der Waals surface area contributed by atoms with Gasteiger partial charge in [0.2, 0.25) is 0 Å². The zero-order valence-corrected chi connectivity index (χ0v) is 12.3. The number of aromatic nitrogens is 1. The second-order valence-corrected chi connectivity index (χ2v) is 5.23. The summed E-state index contributed by atoms with van der Waals surface area (Å²) < 4.78 is 19.0. The molecule has 118 valence electrons. The van der Waals surface area contributed by atoms with Crippen LogP contribution in [0.2, 0.25) is 0 Å². The molecule has 3 rings (SSSR count). The third kappa shape index (κ3) is 3.53. The van der Waals surface area contributed by atoms with Crippen LogP contribution in [0.25, 0.3) is 0 Å². The lowest BCUT2D eigenvalue weighted by atomic mass is 10.1. The van der Waals surface area contributed by atoms with E-state index in [0.717, 1.165) is 0 Å². The zero-order chi connectivity index (χ0) is 16.2. The van der Waals surface area contributed by atoms with Gasteiger partial charge in [-0.05, 0) is 31.0 Å². The van der Waals surface area contributed by atoms with E-state index in [1.54, 1.807) is 30.3 Å². The fourth-order valence-corrected chi connectivity index (χ4v) is 2.38. The molecule has 6 heteroatoms. The first kappa shape index (κ1) is 15.1. The van der Waals surface area contributed by atoms with Crippen LogP contribution in [0.5, 0.6) is 5.75 Å². The van der Waals surface area contributed by atoms with Crippen LogP contribution >= 0.6 is 0 Å². The minimum absolute atomic E-state index is 0.121. The Kier molecular flexibility index (Phi) is 4.32. The SMILES string of the molecule is O=C(O)[C@@H]1CCC(c2ccc(OCc3ccccc3F)cn2)=N1. The van der Waals surface area contributed by atoms with E-state index in [1.165, 1.54) is 12.3 Å². The van der Waals surface area contributed by atoms with E-state index in [0.29, 0.717) is 35.6 Å². The fraction of sp³-hybridized carbons (Fsp3) is 0.235. The van der Waals surface area contributed by atoms with Crippen LogP contribution in [0.15, 0.2) is 47.6 Å². The van der Waals surface area contributed by atoms with Crippen molar-refractivity contribution in [1.29, 1.82) is 0 Å². The third-order valence-electron chi connectivity index (χ3n) is 3.64. The summed E-state index contributed by atoms with van der Waals surface area (Å²) in [5.74, 6) is -0.702. The predicted molar refractivity (Wildman–Crippen MR) is 82.2 cm³/mol. The lowest BCUT2D eigenvalue weighted by Gasteiger charge is -2.07. The largest absolute Gasteiger partial charge is 0.487 e. The molecular weight excluding hydrogens is 299 g/mol. The van der Waals surface area contributed by atoms with Crippen LogP contribution in [-0.2, 0) is 11.4 Å². The van der Waals surface area contributed by atoms with Crippen LogP contribution in [0.3, 0.4) is 0 Å². The van der Waals surface area contributed by atoms with Gasteiger partial charge >= 0.3 is 5.97 Å². The van der Waals surface area contributed by atoms with Crippen LogP contribution in [0.4, 0.5) is 4.39 Å². The molecule has 2 heterocycles. The van der Waals surface area contributed by atoms with E-state index in [-0.39, 0.29) is 12.4 Å². The van der Waals surface area contributed by atoms with Crippen molar-refractivity contribution in [3.05, 3.63) is 59.7 Å². The Morgan fingerprint density at radius 2 is 2.13 bits per heavy atom. The first-order valence-corrected chi connectivity index (χ1v) is 7.25. The van der Waals surface area contributed by atoms with Gasteiger partial charge in [-0.1, -0.05) is 18.2 Å². The van der Waals surface area contributed by atoms with Gasteiger partial charge < -0.3 is 9.84 Å². The van der Waals surface area contributed by atoms with Crippen molar-refractivity contribution in [2.45, 2.75) is 25.5 Å². The Labute approximate surface area is 132 Å². The summed E-state index contributed by atoms with van der Waals surface area (Å²) in [6, 6.07) is 9.21. The summed E-state index contributed by atoms with van der Waals surface area (Å²) in [5.41, 5.74) is 1.81. The number of carbonyl (C=O) groups is 1. The van der Waals surface area contributed by atoms with E-state index >= 15 is 0 Å². The molecule has 1 N–H and O–H groups in total. The number of ether oxygens (including phenoxy) is 1. The van der Waals surface area contributed by atoms with Crippen molar-refractivity contribution in [3.8, 4) is 5.75 Å². The van der Waals surface area contributed by atoms with Crippen molar-refractivity contribution >= 4 is 11.7 Å². The molecule has 2 aromatic rings. The van der Waals surface area contributed by atoms with Crippen molar-refractivity contribution in [2.24, 2.45) is 4.99 Å². The van der Waals surface area contributed by atoms with Gasteiger partial charge in [-0.25, -0.2) is 9.18 Å². The van der Waals surface area contributed by atoms with Crippen molar-refractivity contribution in [1.82, 2.24) is 4.98 Å². The summed E-state index contributed by atoms with van der Waals surface area (Å²) in [6.45, 7) is 0.121. The summed E-state index contributed by atoms with van der Waals surface area (Å²) in [4.78, 5) is 19.3. The molecule has 0 aliphatic carbocycles. The Balaban J connectivity index is 1.65. The normalized spacial score (nSPS) is 16.9.